The summed E-state index contributed by atoms with van der Waals surface area (Å²) in [6.07, 6.45) is -0.0501. The van der Waals surface area contributed by atoms with Crippen LogP contribution in [0.15, 0.2) is 78.9 Å². The molecule has 32 heavy (non-hydrogen) atoms. The molecule has 3 aromatic carbocycles. The number of benzene rings is 3. The Bertz CT molecular complexity index is 1160. The lowest BCUT2D eigenvalue weighted by atomic mass is 10.1. The van der Waals surface area contributed by atoms with E-state index in [-0.39, 0.29) is 18.2 Å². The van der Waals surface area contributed by atoms with Crippen LogP contribution < -0.4 is 10.2 Å². The lowest BCUT2D eigenvalue weighted by Crippen LogP contribution is -2.37. The topological polar surface area (TPSA) is 52.7 Å². The van der Waals surface area contributed by atoms with Gasteiger partial charge >= 0.3 is 0 Å². The highest BCUT2D eigenvalue weighted by atomic mass is 35.5. The van der Waals surface area contributed by atoms with Crippen LogP contribution in [-0.2, 0) is 16.1 Å². The fourth-order valence-electron chi connectivity index (χ4n) is 3.57. The number of thiocarbonyl (C=S) groups is 1. The number of hydrogen-bond donors (Lipinski definition) is 1. The van der Waals surface area contributed by atoms with E-state index in [1.54, 1.807) is 53.4 Å². The highest BCUT2D eigenvalue weighted by Crippen LogP contribution is 2.30. The third-order valence-corrected chi connectivity index (χ3v) is 5.99. The van der Waals surface area contributed by atoms with Gasteiger partial charge in [-0.3, -0.25) is 14.5 Å². The van der Waals surface area contributed by atoms with E-state index in [4.69, 9.17) is 35.4 Å². The summed E-state index contributed by atoms with van der Waals surface area (Å²) in [5.41, 5.74) is 2.17. The average Bonchev–Trinajstić information content (AvgIpc) is 3.00. The molecule has 0 saturated carbocycles. The van der Waals surface area contributed by atoms with Gasteiger partial charge < -0.3 is 10.2 Å². The van der Waals surface area contributed by atoms with Crippen molar-refractivity contribution in [2.24, 2.45) is 0 Å². The van der Waals surface area contributed by atoms with Crippen LogP contribution in [0.3, 0.4) is 0 Å². The SMILES string of the molecule is O=C(CC1C(=O)N(c2cccc(Cl)c2)C(=S)N1Cc1ccccc1)Nc1ccc(Cl)cc1. The summed E-state index contributed by atoms with van der Waals surface area (Å²) in [7, 11) is 0. The molecule has 1 unspecified atom stereocenters. The van der Waals surface area contributed by atoms with E-state index >= 15 is 0 Å². The number of halogens is 2. The van der Waals surface area contributed by atoms with E-state index in [9.17, 15) is 9.59 Å². The molecule has 1 aliphatic rings. The van der Waals surface area contributed by atoms with Crippen LogP contribution in [0, 0.1) is 0 Å². The maximum atomic E-state index is 13.4. The van der Waals surface area contributed by atoms with Gasteiger partial charge in [0, 0.05) is 22.3 Å². The van der Waals surface area contributed by atoms with Crippen molar-refractivity contribution in [1.82, 2.24) is 4.90 Å². The Labute approximate surface area is 201 Å². The lowest BCUT2D eigenvalue weighted by Gasteiger charge is -2.24. The van der Waals surface area contributed by atoms with Gasteiger partial charge in [0.2, 0.25) is 5.91 Å². The highest BCUT2D eigenvalue weighted by molar-refractivity contribution is 7.80. The van der Waals surface area contributed by atoms with E-state index in [2.05, 4.69) is 5.32 Å². The molecule has 0 bridgehead atoms. The minimum Gasteiger partial charge on any atom is -0.332 e. The molecule has 0 aromatic heterocycles. The quantitative estimate of drug-likeness (QED) is 0.468. The molecule has 1 saturated heterocycles. The summed E-state index contributed by atoms with van der Waals surface area (Å²) in [5, 5.41) is 4.23. The molecule has 1 N–H and O–H groups in total. The zero-order valence-electron chi connectivity index (χ0n) is 16.9. The third kappa shape index (κ3) is 4.93. The fraction of sp³-hybridized carbons (Fsp3) is 0.125. The van der Waals surface area contributed by atoms with Crippen LogP contribution in [0.25, 0.3) is 0 Å². The van der Waals surface area contributed by atoms with Crippen molar-refractivity contribution in [1.29, 1.82) is 0 Å². The Hall–Kier alpha value is -2.93. The molecular formula is C24H19Cl2N3O2S. The number of nitrogens with zero attached hydrogens (tertiary/aromatic N) is 2. The molecule has 1 heterocycles. The standard InChI is InChI=1S/C24H19Cl2N3O2S/c25-17-9-11-19(12-10-17)27-22(30)14-21-23(31)29(20-8-4-7-18(26)13-20)24(32)28(21)15-16-5-2-1-3-6-16/h1-13,21H,14-15H2,(H,27,30). The van der Waals surface area contributed by atoms with Gasteiger partial charge in [-0.15, -0.1) is 0 Å². The average molecular weight is 484 g/mol. The zero-order valence-corrected chi connectivity index (χ0v) is 19.2. The fourth-order valence-corrected chi connectivity index (χ4v) is 4.27. The van der Waals surface area contributed by atoms with Crippen LogP contribution in [-0.4, -0.2) is 27.9 Å². The summed E-state index contributed by atoms with van der Waals surface area (Å²) in [6, 6.07) is 22.7. The van der Waals surface area contributed by atoms with Gasteiger partial charge in [0.05, 0.1) is 12.1 Å². The van der Waals surface area contributed by atoms with Crippen LogP contribution >= 0.6 is 35.4 Å². The van der Waals surface area contributed by atoms with Crippen molar-refractivity contribution in [3.8, 4) is 0 Å². The molecule has 5 nitrogen and oxygen atoms in total. The summed E-state index contributed by atoms with van der Waals surface area (Å²) in [6.45, 7) is 0.404. The van der Waals surface area contributed by atoms with Gasteiger partial charge in [-0.05, 0) is 60.2 Å². The van der Waals surface area contributed by atoms with E-state index in [0.717, 1.165) is 5.56 Å². The number of amides is 2. The Morgan fingerprint density at radius 2 is 1.66 bits per heavy atom. The van der Waals surface area contributed by atoms with Crippen LogP contribution in [0.2, 0.25) is 10.0 Å². The summed E-state index contributed by atoms with van der Waals surface area (Å²) < 4.78 is 0. The monoisotopic (exact) mass is 483 g/mol. The minimum atomic E-state index is -0.742. The molecule has 1 fully saturated rings. The van der Waals surface area contributed by atoms with E-state index in [1.165, 1.54) is 4.90 Å². The van der Waals surface area contributed by atoms with Gasteiger partial charge in [0.25, 0.3) is 5.91 Å². The Morgan fingerprint density at radius 3 is 2.34 bits per heavy atom. The molecule has 2 amide bonds. The minimum absolute atomic E-state index is 0.0501. The molecule has 1 atom stereocenters. The zero-order chi connectivity index (χ0) is 22.7. The predicted molar refractivity (Wildman–Crippen MR) is 132 cm³/mol. The molecule has 0 spiro atoms. The van der Waals surface area contributed by atoms with Crippen LogP contribution in [0.5, 0.6) is 0 Å². The first-order valence-corrected chi connectivity index (χ1v) is 11.1. The van der Waals surface area contributed by atoms with Gasteiger partial charge in [0.1, 0.15) is 6.04 Å². The third-order valence-electron chi connectivity index (χ3n) is 5.09. The Balaban J connectivity index is 1.60. The van der Waals surface area contributed by atoms with Crippen LogP contribution in [0.1, 0.15) is 12.0 Å². The molecule has 0 radical (unpaired) electrons. The number of nitrogens with one attached hydrogen (secondary N) is 1. The number of carbonyl (C=O) groups excluding carboxylic acids is 2. The van der Waals surface area contributed by atoms with Gasteiger partial charge in [-0.25, -0.2) is 0 Å². The Morgan fingerprint density at radius 1 is 0.938 bits per heavy atom. The summed E-state index contributed by atoms with van der Waals surface area (Å²) in [5.74, 6) is -0.557. The largest absolute Gasteiger partial charge is 0.332 e. The van der Waals surface area contributed by atoms with Gasteiger partial charge in [0.15, 0.2) is 5.11 Å². The molecule has 3 aromatic rings. The number of anilines is 2. The van der Waals surface area contributed by atoms with Gasteiger partial charge in [-0.1, -0.05) is 59.6 Å². The van der Waals surface area contributed by atoms with Crippen molar-refractivity contribution in [3.05, 3.63) is 94.5 Å². The lowest BCUT2D eigenvalue weighted by molar-refractivity contribution is -0.124. The number of rotatable bonds is 6. The van der Waals surface area contributed by atoms with Crippen molar-refractivity contribution in [3.63, 3.8) is 0 Å². The second kappa shape index (κ2) is 9.69. The molecule has 4 rings (SSSR count). The second-order valence-corrected chi connectivity index (χ2v) is 8.56. The molecule has 1 aliphatic heterocycles. The van der Waals surface area contributed by atoms with Gasteiger partial charge in [-0.2, -0.15) is 0 Å². The first-order chi connectivity index (χ1) is 15.4. The van der Waals surface area contributed by atoms with Crippen molar-refractivity contribution >= 4 is 63.7 Å². The maximum absolute atomic E-state index is 13.4. The van der Waals surface area contributed by atoms with Crippen molar-refractivity contribution in [2.45, 2.75) is 19.0 Å². The summed E-state index contributed by atoms with van der Waals surface area (Å²) >= 11 is 17.7. The predicted octanol–water partition coefficient (Wildman–Crippen LogP) is 5.52. The molecule has 8 heteroatoms. The van der Waals surface area contributed by atoms with E-state index < -0.39 is 6.04 Å². The summed E-state index contributed by atoms with van der Waals surface area (Å²) in [4.78, 5) is 29.4. The van der Waals surface area contributed by atoms with E-state index in [0.29, 0.717) is 33.1 Å². The maximum Gasteiger partial charge on any atom is 0.256 e. The van der Waals surface area contributed by atoms with E-state index in [1.807, 2.05) is 30.3 Å². The normalized spacial score (nSPS) is 15.9. The molecule has 0 aliphatic carbocycles. The van der Waals surface area contributed by atoms with Crippen LogP contribution in [0.4, 0.5) is 11.4 Å². The smallest absolute Gasteiger partial charge is 0.256 e. The number of hydrogen-bond acceptors (Lipinski definition) is 3. The molecular weight excluding hydrogens is 465 g/mol. The highest BCUT2D eigenvalue weighted by Gasteiger charge is 2.44. The first-order valence-electron chi connectivity index (χ1n) is 9.92. The van der Waals surface area contributed by atoms with Crippen molar-refractivity contribution < 1.29 is 9.59 Å². The Kier molecular flexibility index (Phi) is 6.74. The van der Waals surface area contributed by atoms with Crippen molar-refractivity contribution in [2.75, 3.05) is 10.2 Å². The second-order valence-electron chi connectivity index (χ2n) is 7.32. The number of carbonyl (C=O) groups is 2. The molecule has 162 valence electrons. The first kappa shape index (κ1) is 22.3.